The second-order valence-electron chi connectivity index (χ2n) is 4.17. The molecule has 1 aliphatic rings. The van der Waals surface area contributed by atoms with Crippen molar-refractivity contribution in [3.8, 4) is 0 Å². The van der Waals surface area contributed by atoms with Crippen LogP contribution in [0.25, 0.3) is 0 Å². The number of methoxy groups -OCH3 is 1. The minimum atomic E-state index is -0.574. The van der Waals surface area contributed by atoms with Gasteiger partial charge < -0.3 is 14.7 Å². The first-order valence-electron chi connectivity index (χ1n) is 5.74. The van der Waals surface area contributed by atoms with E-state index in [9.17, 15) is 9.90 Å². The number of carbonyl (C=O) groups excluding carboxylic acids is 1. The molecule has 1 aromatic heterocycles. The fourth-order valence-electron chi connectivity index (χ4n) is 1.99. The summed E-state index contributed by atoms with van der Waals surface area (Å²) in [5.41, 5.74) is 0. The zero-order valence-corrected chi connectivity index (χ0v) is 10.9. The maximum Gasteiger partial charge on any atom is 0.264 e. The first-order valence-corrected chi connectivity index (χ1v) is 6.56. The Morgan fingerprint density at radius 3 is 2.88 bits per heavy atom. The highest BCUT2D eigenvalue weighted by molar-refractivity contribution is 7.14. The third kappa shape index (κ3) is 2.51. The van der Waals surface area contributed by atoms with Crippen LogP contribution in [0.3, 0.4) is 0 Å². The minimum Gasteiger partial charge on any atom is -0.388 e. The molecule has 0 aliphatic carbocycles. The van der Waals surface area contributed by atoms with Crippen molar-refractivity contribution >= 4 is 17.2 Å². The van der Waals surface area contributed by atoms with E-state index >= 15 is 0 Å². The van der Waals surface area contributed by atoms with Gasteiger partial charge >= 0.3 is 0 Å². The summed E-state index contributed by atoms with van der Waals surface area (Å²) in [4.78, 5) is 15.8. The van der Waals surface area contributed by atoms with Gasteiger partial charge in [0.15, 0.2) is 0 Å². The number of hydrogen-bond donors (Lipinski definition) is 1. The summed E-state index contributed by atoms with van der Waals surface area (Å²) in [7, 11) is 1.56. The van der Waals surface area contributed by atoms with E-state index in [1.54, 1.807) is 12.0 Å². The van der Waals surface area contributed by atoms with Crippen LogP contribution in [0, 0.1) is 0 Å². The number of amides is 1. The summed E-state index contributed by atoms with van der Waals surface area (Å²) in [6.07, 6.45) is 0.112. The average molecular weight is 255 g/mol. The van der Waals surface area contributed by atoms with E-state index in [1.165, 1.54) is 16.2 Å². The van der Waals surface area contributed by atoms with E-state index < -0.39 is 6.10 Å². The lowest BCUT2D eigenvalue weighted by Gasteiger charge is -2.14. The summed E-state index contributed by atoms with van der Waals surface area (Å²) < 4.78 is 5.13. The van der Waals surface area contributed by atoms with Crippen molar-refractivity contribution in [2.24, 2.45) is 0 Å². The van der Waals surface area contributed by atoms with Crippen LogP contribution in [-0.2, 0) is 11.2 Å². The summed E-state index contributed by atoms with van der Waals surface area (Å²) >= 11 is 1.52. The Morgan fingerprint density at radius 1 is 1.59 bits per heavy atom. The summed E-state index contributed by atoms with van der Waals surface area (Å²) in [6.45, 7) is 2.90. The highest BCUT2D eigenvalue weighted by atomic mass is 32.1. The van der Waals surface area contributed by atoms with Gasteiger partial charge in [0.2, 0.25) is 0 Å². The molecule has 1 fully saturated rings. The van der Waals surface area contributed by atoms with Crippen LogP contribution in [-0.4, -0.2) is 48.3 Å². The lowest BCUT2D eigenvalue weighted by atomic mass is 10.3. The number of carbonyl (C=O) groups is 1. The average Bonchev–Trinajstić information content (AvgIpc) is 2.94. The first kappa shape index (κ1) is 12.5. The van der Waals surface area contributed by atoms with Crippen LogP contribution in [0.1, 0.15) is 21.5 Å². The maximum absolute atomic E-state index is 12.2. The zero-order valence-electron chi connectivity index (χ0n) is 10.0. The standard InChI is InChI=1S/C12H17NO3S/c1-3-8-4-5-11(17-8)12(15)13-6-9(14)10(7-13)16-2/h4-5,9-10,14H,3,6-7H2,1-2H3. The van der Waals surface area contributed by atoms with Gasteiger partial charge in [-0.25, -0.2) is 0 Å². The topological polar surface area (TPSA) is 49.8 Å². The molecule has 0 aromatic carbocycles. The maximum atomic E-state index is 12.2. The van der Waals surface area contributed by atoms with Crippen LogP contribution in [0.5, 0.6) is 0 Å². The molecule has 2 rings (SSSR count). The molecule has 0 saturated carbocycles. The molecule has 1 N–H and O–H groups in total. The van der Waals surface area contributed by atoms with Crippen LogP contribution < -0.4 is 0 Å². The second kappa shape index (κ2) is 5.16. The summed E-state index contributed by atoms with van der Waals surface area (Å²) in [5.74, 6) is -0.00620. The molecular formula is C12H17NO3S. The highest BCUT2D eigenvalue weighted by Gasteiger charge is 2.34. The van der Waals surface area contributed by atoms with Gasteiger partial charge in [0, 0.05) is 25.1 Å². The molecule has 2 unspecified atom stereocenters. The lowest BCUT2D eigenvalue weighted by Crippen LogP contribution is -2.29. The van der Waals surface area contributed by atoms with Crippen molar-refractivity contribution in [1.82, 2.24) is 4.90 Å². The van der Waals surface area contributed by atoms with Crippen LogP contribution >= 0.6 is 11.3 Å². The Balaban J connectivity index is 2.06. The number of β-amino-alcohol motifs (C(OH)–C–C–N with tert-alkyl or cyclic N) is 1. The van der Waals surface area contributed by atoms with Gasteiger partial charge in [-0.2, -0.15) is 0 Å². The van der Waals surface area contributed by atoms with E-state index in [-0.39, 0.29) is 12.0 Å². The number of nitrogens with zero attached hydrogens (tertiary/aromatic N) is 1. The Hall–Kier alpha value is -0.910. The Morgan fingerprint density at radius 2 is 2.35 bits per heavy atom. The number of ether oxygens (including phenoxy) is 1. The quantitative estimate of drug-likeness (QED) is 0.881. The predicted molar refractivity (Wildman–Crippen MR) is 66.4 cm³/mol. The molecule has 5 heteroatoms. The first-order chi connectivity index (χ1) is 8.15. The van der Waals surface area contributed by atoms with Crippen molar-refractivity contribution in [3.63, 3.8) is 0 Å². The zero-order chi connectivity index (χ0) is 12.4. The van der Waals surface area contributed by atoms with Crippen LogP contribution in [0.2, 0.25) is 0 Å². The number of thiophene rings is 1. The molecule has 94 valence electrons. The van der Waals surface area contributed by atoms with Gasteiger partial charge in [-0.1, -0.05) is 6.92 Å². The molecule has 2 atom stereocenters. The van der Waals surface area contributed by atoms with Gasteiger partial charge in [0.25, 0.3) is 5.91 Å². The molecular weight excluding hydrogens is 238 g/mol. The summed E-state index contributed by atoms with van der Waals surface area (Å²) in [6, 6.07) is 3.84. The molecule has 1 aliphatic heterocycles. The van der Waals surface area contributed by atoms with Crippen LogP contribution in [0.15, 0.2) is 12.1 Å². The smallest absolute Gasteiger partial charge is 0.264 e. The Labute approximate surface area is 105 Å². The van der Waals surface area contributed by atoms with Gasteiger partial charge in [0.05, 0.1) is 11.0 Å². The van der Waals surface area contributed by atoms with Gasteiger partial charge in [-0.3, -0.25) is 4.79 Å². The molecule has 0 bridgehead atoms. The molecule has 2 heterocycles. The molecule has 17 heavy (non-hydrogen) atoms. The van der Waals surface area contributed by atoms with Gasteiger partial charge in [-0.15, -0.1) is 11.3 Å². The van der Waals surface area contributed by atoms with Crippen molar-refractivity contribution < 1.29 is 14.6 Å². The van der Waals surface area contributed by atoms with E-state index in [4.69, 9.17) is 4.74 Å². The van der Waals surface area contributed by atoms with E-state index in [2.05, 4.69) is 6.92 Å². The van der Waals surface area contributed by atoms with Crippen molar-refractivity contribution in [1.29, 1.82) is 0 Å². The molecule has 4 nitrogen and oxygen atoms in total. The second-order valence-corrected chi connectivity index (χ2v) is 5.34. The number of aliphatic hydroxyl groups excluding tert-OH is 1. The fourth-order valence-corrected chi connectivity index (χ4v) is 2.91. The molecule has 1 amide bonds. The third-order valence-electron chi connectivity index (χ3n) is 3.05. The predicted octanol–water partition coefficient (Wildman–Crippen LogP) is 1.14. The SMILES string of the molecule is CCc1ccc(C(=O)N2CC(O)C(OC)C2)s1. The largest absolute Gasteiger partial charge is 0.388 e. The van der Waals surface area contributed by atoms with Crippen molar-refractivity contribution in [2.45, 2.75) is 25.6 Å². The normalized spacial score (nSPS) is 24.3. The molecule has 0 spiro atoms. The van der Waals surface area contributed by atoms with Gasteiger partial charge in [-0.05, 0) is 18.6 Å². The van der Waals surface area contributed by atoms with Gasteiger partial charge in [0.1, 0.15) is 6.10 Å². The van der Waals surface area contributed by atoms with E-state index in [1.807, 2.05) is 12.1 Å². The Kier molecular flexibility index (Phi) is 3.81. The number of likely N-dealkylation sites (tertiary alicyclic amines) is 1. The molecule has 0 radical (unpaired) electrons. The van der Waals surface area contributed by atoms with Crippen molar-refractivity contribution in [3.05, 3.63) is 21.9 Å². The number of hydrogen-bond acceptors (Lipinski definition) is 4. The fraction of sp³-hybridized carbons (Fsp3) is 0.583. The molecule has 1 saturated heterocycles. The molecule has 1 aromatic rings. The van der Waals surface area contributed by atoms with Crippen molar-refractivity contribution in [2.75, 3.05) is 20.2 Å². The lowest BCUT2D eigenvalue weighted by molar-refractivity contribution is 0.0215. The Bertz CT molecular complexity index is 404. The number of aliphatic hydroxyl groups is 1. The van der Waals surface area contributed by atoms with E-state index in [0.29, 0.717) is 13.1 Å². The minimum absolute atomic E-state index is 0.00620. The highest BCUT2D eigenvalue weighted by Crippen LogP contribution is 2.22. The summed E-state index contributed by atoms with van der Waals surface area (Å²) in [5, 5.41) is 9.69. The monoisotopic (exact) mass is 255 g/mol. The van der Waals surface area contributed by atoms with Crippen LogP contribution in [0.4, 0.5) is 0 Å². The third-order valence-corrected chi connectivity index (χ3v) is 4.27. The number of rotatable bonds is 3. The number of aryl methyl sites for hydroxylation is 1. The van der Waals surface area contributed by atoms with E-state index in [0.717, 1.165) is 11.3 Å².